The van der Waals surface area contributed by atoms with E-state index in [1.807, 2.05) is 23.1 Å². The fourth-order valence-corrected chi connectivity index (χ4v) is 4.59. The molecule has 3 fully saturated rings. The summed E-state index contributed by atoms with van der Waals surface area (Å²) in [6, 6.07) is 8.97. The molecule has 1 aromatic carbocycles. The lowest BCUT2D eigenvalue weighted by molar-refractivity contribution is -0.148. The first-order chi connectivity index (χ1) is 13.1. The van der Waals surface area contributed by atoms with E-state index in [-0.39, 0.29) is 5.91 Å². The molecule has 1 aromatic rings. The van der Waals surface area contributed by atoms with Crippen LogP contribution >= 0.6 is 0 Å². The second-order valence-corrected chi connectivity index (χ2v) is 8.23. The van der Waals surface area contributed by atoms with Crippen molar-refractivity contribution in [3.05, 3.63) is 30.3 Å². The molecule has 0 unspecified atom stereocenters. The van der Waals surface area contributed by atoms with Gasteiger partial charge in [-0.1, -0.05) is 24.6 Å². The summed E-state index contributed by atoms with van der Waals surface area (Å²) in [6.07, 6.45) is 6.18. The predicted octanol–water partition coefficient (Wildman–Crippen LogP) is 2.27. The molecule has 1 atom stereocenters. The lowest BCUT2D eigenvalue weighted by Crippen LogP contribution is -2.52. The van der Waals surface area contributed by atoms with Crippen LogP contribution in [0.25, 0.3) is 0 Å². The minimum atomic E-state index is -0.632. The van der Waals surface area contributed by atoms with Crippen LogP contribution in [-0.2, 0) is 14.4 Å². The van der Waals surface area contributed by atoms with Gasteiger partial charge in [0.15, 0.2) is 0 Å². The van der Waals surface area contributed by atoms with Gasteiger partial charge in [-0.15, -0.1) is 0 Å². The van der Waals surface area contributed by atoms with Gasteiger partial charge in [0, 0.05) is 31.9 Å². The van der Waals surface area contributed by atoms with E-state index >= 15 is 0 Å². The molecule has 1 saturated carbocycles. The van der Waals surface area contributed by atoms with E-state index < -0.39 is 17.2 Å². The summed E-state index contributed by atoms with van der Waals surface area (Å²) in [5.41, 5.74) is 0.121. The van der Waals surface area contributed by atoms with Gasteiger partial charge in [0.1, 0.15) is 0 Å². The molecule has 1 aliphatic carbocycles. The van der Waals surface area contributed by atoms with Crippen LogP contribution in [0.5, 0.6) is 0 Å². The highest BCUT2D eigenvalue weighted by Gasteiger charge is 2.50. The maximum absolute atomic E-state index is 13.1. The number of nitrogens with zero attached hydrogens (tertiary/aromatic N) is 2. The average Bonchev–Trinajstić information content (AvgIpc) is 3.07. The van der Waals surface area contributed by atoms with Crippen LogP contribution in [0.2, 0.25) is 0 Å². The zero-order chi connectivity index (χ0) is 18.9. The van der Waals surface area contributed by atoms with Crippen LogP contribution in [-0.4, -0.2) is 53.7 Å². The van der Waals surface area contributed by atoms with E-state index in [4.69, 9.17) is 0 Å². The molecule has 1 spiro atoms. The van der Waals surface area contributed by atoms with Gasteiger partial charge >= 0.3 is 11.8 Å². The molecule has 6 heteroatoms. The molecule has 2 aliphatic heterocycles. The summed E-state index contributed by atoms with van der Waals surface area (Å²) in [4.78, 5) is 41.6. The van der Waals surface area contributed by atoms with Crippen molar-refractivity contribution in [2.45, 2.75) is 38.5 Å². The monoisotopic (exact) mass is 369 g/mol. The Morgan fingerprint density at radius 2 is 1.85 bits per heavy atom. The number of amides is 3. The van der Waals surface area contributed by atoms with Gasteiger partial charge in [0.2, 0.25) is 5.91 Å². The van der Waals surface area contributed by atoms with Gasteiger partial charge in [-0.05, 0) is 50.2 Å². The zero-order valence-electron chi connectivity index (χ0n) is 15.7. The van der Waals surface area contributed by atoms with E-state index in [1.54, 1.807) is 17.0 Å². The number of likely N-dealkylation sites (tertiary alicyclic amines) is 2. The fraction of sp³-hybridized carbons (Fsp3) is 0.571. The highest BCUT2D eigenvalue weighted by Crippen LogP contribution is 2.41. The molecule has 27 heavy (non-hydrogen) atoms. The van der Waals surface area contributed by atoms with Crippen LogP contribution in [0.15, 0.2) is 30.3 Å². The van der Waals surface area contributed by atoms with Crippen molar-refractivity contribution < 1.29 is 14.4 Å². The zero-order valence-corrected chi connectivity index (χ0v) is 15.7. The number of para-hydroxylation sites is 1. The Morgan fingerprint density at radius 1 is 1.07 bits per heavy atom. The highest BCUT2D eigenvalue weighted by atomic mass is 16.2. The van der Waals surface area contributed by atoms with E-state index in [0.717, 1.165) is 25.9 Å². The molecular weight excluding hydrogens is 342 g/mol. The van der Waals surface area contributed by atoms with Crippen LogP contribution in [0.3, 0.4) is 0 Å². The molecule has 0 radical (unpaired) electrons. The molecule has 144 valence electrons. The van der Waals surface area contributed by atoms with Crippen LogP contribution in [0.4, 0.5) is 5.69 Å². The van der Waals surface area contributed by atoms with Crippen molar-refractivity contribution in [3.8, 4) is 0 Å². The van der Waals surface area contributed by atoms with E-state index in [2.05, 4.69) is 5.32 Å². The van der Waals surface area contributed by atoms with Crippen molar-refractivity contribution >= 4 is 23.4 Å². The largest absolute Gasteiger partial charge is 0.342 e. The minimum Gasteiger partial charge on any atom is -0.342 e. The van der Waals surface area contributed by atoms with Gasteiger partial charge in [0.05, 0.1) is 5.41 Å². The summed E-state index contributed by atoms with van der Waals surface area (Å²) in [6.45, 7) is 2.54. The smallest absolute Gasteiger partial charge is 0.313 e. The molecule has 3 amide bonds. The lowest BCUT2D eigenvalue weighted by Gasteiger charge is -2.42. The van der Waals surface area contributed by atoms with Crippen molar-refractivity contribution in [1.82, 2.24) is 9.80 Å². The summed E-state index contributed by atoms with van der Waals surface area (Å²) >= 11 is 0. The third-order valence-electron chi connectivity index (χ3n) is 6.39. The van der Waals surface area contributed by atoms with Gasteiger partial charge in [-0.25, -0.2) is 0 Å². The Labute approximate surface area is 159 Å². The topological polar surface area (TPSA) is 69.7 Å². The van der Waals surface area contributed by atoms with Gasteiger partial charge in [-0.3, -0.25) is 14.4 Å². The Balaban J connectivity index is 1.38. The molecule has 2 saturated heterocycles. The first-order valence-corrected chi connectivity index (χ1v) is 10.0. The number of carbonyl (C=O) groups is 3. The second-order valence-electron chi connectivity index (χ2n) is 8.23. The van der Waals surface area contributed by atoms with Crippen LogP contribution in [0, 0.1) is 11.3 Å². The molecule has 3 aliphatic rings. The Kier molecular flexibility index (Phi) is 4.89. The molecule has 1 N–H and O–H groups in total. The normalized spacial score (nSPS) is 25.6. The SMILES string of the molecule is O=C(Nc1ccccc1)C(=O)N1CC[C@]2(CCCN(CC3CCC3)C2=O)C1. The molecule has 6 nitrogen and oxygen atoms in total. The molecule has 0 bridgehead atoms. The number of rotatable bonds is 3. The Morgan fingerprint density at radius 3 is 2.56 bits per heavy atom. The van der Waals surface area contributed by atoms with Gasteiger partial charge in [-0.2, -0.15) is 0 Å². The van der Waals surface area contributed by atoms with Crippen molar-refractivity contribution in [2.75, 3.05) is 31.5 Å². The van der Waals surface area contributed by atoms with Crippen molar-refractivity contribution in [3.63, 3.8) is 0 Å². The van der Waals surface area contributed by atoms with E-state index in [0.29, 0.717) is 31.1 Å². The number of hydrogen-bond donors (Lipinski definition) is 1. The number of piperidine rings is 1. The second kappa shape index (κ2) is 7.33. The lowest BCUT2D eigenvalue weighted by atomic mass is 9.77. The Hall–Kier alpha value is -2.37. The summed E-state index contributed by atoms with van der Waals surface area (Å²) < 4.78 is 0. The standard InChI is InChI=1S/C21H27N3O3/c25-18(22-17-8-2-1-3-9-17)19(26)24-13-11-21(15-24)10-5-12-23(20(21)27)14-16-6-4-7-16/h1-3,8-9,16H,4-7,10-15H2,(H,22,25)/t21-/m1/s1. The van der Waals surface area contributed by atoms with Crippen LogP contribution in [0.1, 0.15) is 38.5 Å². The van der Waals surface area contributed by atoms with Crippen molar-refractivity contribution in [2.24, 2.45) is 11.3 Å². The number of nitrogens with one attached hydrogen (secondary N) is 1. The molecule has 4 rings (SSSR count). The molecular formula is C21H27N3O3. The summed E-state index contributed by atoms with van der Waals surface area (Å²) in [5.74, 6) is -0.327. The first-order valence-electron chi connectivity index (χ1n) is 10.0. The van der Waals surface area contributed by atoms with E-state index in [9.17, 15) is 14.4 Å². The van der Waals surface area contributed by atoms with Gasteiger partial charge < -0.3 is 15.1 Å². The number of hydrogen-bond acceptors (Lipinski definition) is 3. The Bertz CT molecular complexity index is 731. The van der Waals surface area contributed by atoms with Crippen LogP contribution < -0.4 is 5.32 Å². The maximum Gasteiger partial charge on any atom is 0.313 e. The summed E-state index contributed by atoms with van der Waals surface area (Å²) in [7, 11) is 0. The maximum atomic E-state index is 13.1. The molecule has 2 heterocycles. The molecule has 0 aromatic heterocycles. The van der Waals surface area contributed by atoms with Crippen molar-refractivity contribution in [1.29, 1.82) is 0 Å². The summed E-state index contributed by atoms with van der Waals surface area (Å²) in [5, 5.41) is 2.65. The quantitative estimate of drug-likeness (QED) is 0.831. The average molecular weight is 369 g/mol. The third kappa shape index (κ3) is 3.57. The third-order valence-corrected chi connectivity index (χ3v) is 6.39. The van der Waals surface area contributed by atoms with E-state index in [1.165, 1.54) is 19.3 Å². The van der Waals surface area contributed by atoms with Gasteiger partial charge in [0.25, 0.3) is 0 Å². The number of anilines is 1. The minimum absolute atomic E-state index is 0.194. The number of benzene rings is 1. The fourth-order valence-electron chi connectivity index (χ4n) is 4.59. The first kappa shape index (κ1) is 18.0. The number of carbonyl (C=O) groups excluding carboxylic acids is 3. The predicted molar refractivity (Wildman–Crippen MR) is 102 cm³/mol. The highest BCUT2D eigenvalue weighted by molar-refractivity contribution is 6.39.